The lowest BCUT2D eigenvalue weighted by Crippen LogP contribution is -2.25. The second-order valence-electron chi connectivity index (χ2n) is 8.06. The second-order valence-corrected chi connectivity index (χ2v) is 8.06. The second kappa shape index (κ2) is 13.5. The normalized spacial score (nSPS) is 14.0. The zero-order valence-electron chi connectivity index (χ0n) is 19.8. The van der Waals surface area contributed by atoms with Gasteiger partial charge in [0.15, 0.2) is 0 Å². The van der Waals surface area contributed by atoms with Crippen LogP contribution in [0.1, 0.15) is 75.1 Å². The lowest BCUT2D eigenvalue weighted by atomic mass is 9.89. The Morgan fingerprint density at radius 1 is 0.818 bits per heavy atom. The van der Waals surface area contributed by atoms with Crippen LogP contribution in [0, 0.1) is 0 Å². The molecule has 0 atom stereocenters. The maximum absolute atomic E-state index is 12.6. The number of unbranched alkanes of at least 4 members (excludes halogenated alkanes) is 7. The highest BCUT2D eigenvalue weighted by Crippen LogP contribution is 2.28. The van der Waals surface area contributed by atoms with E-state index < -0.39 is 5.97 Å². The molecule has 7 nitrogen and oxygen atoms in total. The lowest BCUT2D eigenvalue weighted by Gasteiger charge is -2.20. The summed E-state index contributed by atoms with van der Waals surface area (Å²) in [7, 11) is 2.73. The molecule has 1 N–H and O–H groups in total. The molecule has 0 amide bonds. The van der Waals surface area contributed by atoms with E-state index in [1.54, 1.807) is 25.1 Å². The Morgan fingerprint density at radius 2 is 1.36 bits per heavy atom. The van der Waals surface area contributed by atoms with Crippen LogP contribution in [0.15, 0.2) is 46.9 Å². The van der Waals surface area contributed by atoms with Gasteiger partial charge < -0.3 is 19.3 Å². The summed E-state index contributed by atoms with van der Waals surface area (Å²) >= 11 is 0. The number of hydrogen-bond acceptors (Lipinski definition) is 7. The van der Waals surface area contributed by atoms with Gasteiger partial charge in [0.2, 0.25) is 23.1 Å². The number of rotatable bonds is 14. The van der Waals surface area contributed by atoms with Gasteiger partial charge in [-0.2, -0.15) is 0 Å². The van der Waals surface area contributed by atoms with Gasteiger partial charge >= 0.3 is 5.97 Å². The lowest BCUT2D eigenvalue weighted by molar-refractivity contribution is -0.121. The molecule has 1 aliphatic carbocycles. The van der Waals surface area contributed by atoms with Gasteiger partial charge in [-0.05, 0) is 38.3 Å². The maximum atomic E-state index is 12.6. The number of benzene rings is 1. The number of Topliss-reactive ketones (excluding diaryl/α,β-unsaturated/α-hetero) is 2. The van der Waals surface area contributed by atoms with E-state index in [1.165, 1.54) is 20.3 Å². The number of ketones is 2. The third kappa shape index (κ3) is 7.20. The van der Waals surface area contributed by atoms with Crippen LogP contribution >= 0.6 is 0 Å². The molecule has 0 heterocycles. The number of allylic oxidation sites excluding steroid dienone is 2. The standard InChI is InChI=1S/C26H34O7/c1-18-19(23(29)25(32-3)24(31-2)22(18)28)14-10-8-6-4-5-7-9-13-17-33-26(30)20-15-11-12-16-21(20)27/h11-12,15-16,27H,4-10,13-14,17H2,1-3H3. The largest absolute Gasteiger partial charge is 0.507 e. The maximum Gasteiger partial charge on any atom is 0.341 e. The number of aromatic hydroxyl groups is 1. The van der Waals surface area contributed by atoms with Crippen molar-refractivity contribution in [3.8, 4) is 5.75 Å². The molecule has 0 aliphatic heterocycles. The predicted octanol–water partition coefficient (Wildman–Crippen LogP) is 5.03. The molecule has 0 saturated carbocycles. The number of esters is 1. The van der Waals surface area contributed by atoms with E-state index in [4.69, 9.17) is 14.2 Å². The fourth-order valence-corrected chi connectivity index (χ4v) is 3.85. The average molecular weight is 459 g/mol. The van der Waals surface area contributed by atoms with Gasteiger partial charge in [0.25, 0.3) is 0 Å². The van der Waals surface area contributed by atoms with E-state index in [1.807, 2.05) is 0 Å². The van der Waals surface area contributed by atoms with Crippen molar-refractivity contribution < 1.29 is 33.7 Å². The van der Waals surface area contributed by atoms with E-state index in [-0.39, 0.29) is 34.4 Å². The van der Waals surface area contributed by atoms with Crippen LogP contribution < -0.4 is 0 Å². The van der Waals surface area contributed by atoms with Gasteiger partial charge in [-0.3, -0.25) is 9.59 Å². The number of phenolic OH excluding ortho intramolecular Hbond substituents is 1. The minimum Gasteiger partial charge on any atom is -0.507 e. The van der Waals surface area contributed by atoms with Gasteiger partial charge in [-0.25, -0.2) is 4.79 Å². The number of phenols is 1. The summed E-state index contributed by atoms with van der Waals surface area (Å²) < 4.78 is 15.4. The van der Waals surface area contributed by atoms with Crippen molar-refractivity contribution >= 4 is 17.5 Å². The van der Waals surface area contributed by atoms with E-state index in [0.717, 1.165) is 51.4 Å². The van der Waals surface area contributed by atoms with Gasteiger partial charge in [-0.15, -0.1) is 0 Å². The number of ether oxygens (including phenoxy) is 3. The van der Waals surface area contributed by atoms with Crippen LogP contribution in [0.25, 0.3) is 0 Å². The van der Waals surface area contributed by atoms with Gasteiger partial charge in [-0.1, -0.05) is 50.7 Å². The summed E-state index contributed by atoms with van der Waals surface area (Å²) in [6.45, 7) is 2.01. The molecule has 0 spiro atoms. The van der Waals surface area contributed by atoms with Crippen LogP contribution in [-0.4, -0.2) is 43.5 Å². The number of hydrogen-bond donors (Lipinski definition) is 1. The van der Waals surface area contributed by atoms with E-state index in [2.05, 4.69) is 0 Å². The van der Waals surface area contributed by atoms with E-state index in [0.29, 0.717) is 24.2 Å². The summed E-state index contributed by atoms with van der Waals surface area (Å²) in [6.07, 6.45) is 8.47. The molecule has 180 valence electrons. The zero-order chi connectivity index (χ0) is 24.2. The van der Waals surface area contributed by atoms with Crippen LogP contribution in [0.2, 0.25) is 0 Å². The third-order valence-electron chi connectivity index (χ3n) is 5.77. The molecule has 0 fully saturated rings. The van der Waals surface area contributed by atoms with Gasteiger partial charge in [0.05, 0.1) is 20.8 Å². The summed E-state index contributed by atoms with van der Waals surface area (Å²) in [5.41, 5.74) is 1.16. The molecule has 0 aromatic heterocycles. The Kier molecular flexibility index (Phi) is 10.7. The predicted molar refractivity (Wildman–Crippen MR) is 124 cm³/mol. The number of carbonyl (C=O) groups is 3. The molecular formula is C26H34O7. The van der Waals surface area contributed by atoms with Crippen molar-refractivity contribution in [2.75, 3.05) is 20.8 Å². The minimum atomic E-state index is -0.497. The summed E-state index contributed by atoms with van der Waals surface area (Å²) in [4.78, 5) is 36.9. The Labute approximate surface area is 195 Å². The quantitative estimate of drug-likeness (QED) is 0.237. The molecule has 0 saturated heterocycles. The molecule has 0 unspecified atom stereocenters. The molecule has 1 aromatic rings. The van der Waals surface area contributed by atoms with Crippen molar-refractivity contribution in [1.29, 1.82) is 0 Å². The Hall–Kier alpha value is -3.09. The molecule has 2 rings (SSSR count). The molecule has 7 heteroatoms. The molecule has 1 aromatic carbocycles. The Bertz CT molecular complexity index is 911. The Morgan fingerprint density at radius 3 is 1.97 bits per heavy atom. The molecule has 0 radical (unpaired) electrons. The van der Waals surface area contributed by atoms with Gasteiger partial charge in [0.1, 0.15) is 11.3 Å². The van der Waals surface area contributed by atoms with Crippen LogP contribution in [0.5, 0.6) is 5.75 Å². The molecule has 0 bridgehead atoms. The number of para-hydroxylation sites is 1. The number of methoxy groups -OCH3 is 2. The van der Waals surface area contributed by atoms with Gasteiger partial charge in [0, 0.05) is 11.1 Å². The topological polar surface area (TPSA) is 99.1 Å². The fourth-order valence-electron chi connectivity index (χ4n) is 3.85. The summed E-state index contributed by atoms with van der Waals surface area (Å²) in [6, 6.07) is 6.35. The molecule has 1 aliphatic rings. The SMILES string of the molecule is COC1=C(OC)C(=O)C(CCCCCCCCCCOC(=O)c2ccccc2O)=C(C)C1=O. The average Bonchev–Trinajstić information content (AvgIpc) is 2.81. The van der Waals surface area contributed by atoms with Crippen LogP contribution in [0.3, 0.4) is 0 Å². The first-order valence-corrected chi connectivity index (χ1v) is 11.5. The summed E-state index contributed by atoms with van der Waals surface area (Å²) in [5, 5.41) is 9.65. The first-order valence-electron chi connectivity index (χ1n) is 11.5. The van der Waals surface area contributed by atoms with E-state index >= 15 is 0 Å². The highest BCUT2D eigenvalue weighted by molar-refractivity contribution is 6.23. The van der Waals surface area contributed by atoms with Crippen molar-refractivity contribution in [2.24, 2.45) is 0 Å². The third-order valence-corrected chi connectivity index (χ3v) is 5.77. The van der Waals surface area contributed by atoms with E-state index in [9.17, 15) is 19.5 Å². The molecular weight excluding hydrogens is 424 g/mol. The molecule has 33 heavy (non-hydrogen) atoms. The first kappa shape index (κ1) is 26.2. The Balaban J connectivity index is 1.55. The number of carbonyl (C=O) groups excluding carboxylic acids is 3. The highest BCUT2D eigenvalue weighted by atomic mass is 16.5. The highest BCUT2D eigenvalue weighted by Gasteiger charge is 2.34. The van der Waals surface area contributed by atoms with Crippen LogP contribution in [-0.2, 0) is 23.8 Å². The minimum absolute atomic E-state index is 0.00523. The van der Waals surface area contributed by atoms with Crippen molar-refractivity contribution in [3.63, 3.8) is 0 Å². The van der Waals surface area contributed by atoms with Crippen molar-refractivity contribution in [3.05, 3.63) is 52.5 Å². The fraction of sp³-hybridized carbons (Fsp3) is 0.500. The first-order chi connectivity index (χ1) is 15.9. The monoisotopic (exact) mass is 458 g/mol. The zero-order valence-corrected chi connectivity index (χ0v) is 19.8. The van der Waals surface area contributed by atoms with Crippen molar-refractivity contribution in [1.82, 2.24) is 0 Å². The smallest absolute Gasteiger partial charge is 0.341 e. The summed E-state index contributed by atoms with van der Waals surface area (Å²) in [5.74, 6) is -1.12. The van der Waals surface area contributed by atoms with Crippen LogP contribution in [0.4, 0.5) is 0 Å². The van der Waals surface area contributed by atoms with Crippen molar-refractivity contribution in [2.45, 2.75) is 64.7 Å².